The Labute approximate surface area is 124 Å². The predicted molar refractivity (Wildman–Crippen MR) is 83.3 cm³/mol. The van der Waals surface area contributed by atoms with Crippen LogP contribution in [-0.2, 0) is 16.0 Å². The second kappa shape index (κ2) is 6.55. The van der Waals surface area contributed by atoms with E-state index in [0.717, 1.165) is 30.5 Å². The minimum atomic E-state index is -0.296. The first-order valence-electron chi connectivity index (χ1n) is 7.37. The molecule has 0 saturated carbocycles. The SMILES string of the molecule is O=C(Nc1ccccc1Cc1ccccc1)[C@@H]1CCCO1. The molecular weight excluding hydrogens is 262 g/mol. The van der Waals surface area contributed by atoms with Gasteiger partial charge in [0, 0.05) is 12.3 Å². The first-order valence-corrected chi connectivity index (χ1v) is 7.37. The van der Waals surface area contributed by atoms with E-state index in [1.54, 1.807) is 0 Å². The molecule has 1 amide bonds. The van der Waals surface area contributed by atoms with E-state index < -0.39 is 0 Å². The Morgan fingerprint density at radius 3 is 2.62 bits per heavy atom. The van der Waals surface area contributed by atoms with Gasteiger partial charge in [-0.3, -0.25) is 4.79 Å². The Morgan fingerprint density at radius 1 is 1.10 bits per heavy atom. The molecule has 0 spiro atoms. The number of nitrogens with one attached hydrogen (secondary N) is 1. The van der Waals surface area contributed by atoms with Crippen LogP contribution in [0.25, 0.3) is 0 Å². The fourth-order valence-corrected chi connectivity index (χ4v) is 2.61. The lowest BCUT2D eigenvalue weighted by Crippen LogP contribution is -2.27. The summed E-state index contributed by atoms with van der Waals surface area (Å²) < 4.78 is 5.43. The predicted octanol–water partition coefficient (Wildman–Crippen LogP) is 3.39. The van der Waals surface area contributed by atoms with Crippen molar-refractivity contribution >= 4 is 11.6 Å². The Kier molecular flexibility index (Phi) is 4.31. The highest BCUT2D eigenvalue weighted by molar-refractivity contribution is 5.95. The van der Waals surface area contributed by atoms with Gasteiger partial charge in [0.15, 0.2) is 0 Å². The first-order chi connectivity index (χ1) is 10.3. The van der Waals surface area contributed by atoms with Gasteiger partial charge in [-0.1, -0.05) is 48.5 Å². The second-order valence-corrected chi connectivity index (χ2v) is 5.31. The third kappa shape index (κ3) is 3.50. The molecule has 1 atom stereocenters. The standard InChI is InChI=1S/C18H19NO2/c20-18(17-11-6-12-21-17)19-16-10-5-4-9-15(16)13-14-7-2-1-3-8-14/h1-5,7-10,17H,6,11-13H2,(H,19,20)/t17-/m0/s1. The quantitative estimate of drug-likeness (QED) is 0.933. The zero-order valence-electron chi connectivity index (χ0n) is 11.9. The molecule has 0 radical (unpaired) electrons. The highest BCUT2D eigenvalue weighted by Gasteiger charge is 2.23. The van der Waals surface area contributed by atoms with E-state index in [0.29, 0.717) is 6.61 Å². The zero-order valence-corrected chi connectivity index (χ0v) is 11.9. The van der Waals surface area contributed by atoms with Crippen molar-refractivity contribution in [1.82, 2.24) is 0 Å². The van der Waals surface area contributed by atoms with Crippen molar-refractivity contribution in [3.8, 4) is 0 Å². The van der Waals surface area contributed by atoms with Crippen molar-refractivity contribution in [3.05, 3.63) is 65.7 Å². The maximum atomic E-state index is 12.2. The average molecular weight is 281 g/mol. The number of para-hydroxylation sites is 1. The molecule has 21 heavy (non-hydrogen) atoms. The van der Waals surface area contributed by atoms with Crippen molar-refractivity contribution in [2.24, 2.45) is 0 Å². The molecule has 1 N–H and O–H groups in total. The molecule has 3 nitrogen and oxygen atoms in total. The van der Waals surface area contributed by atoms with Crippen molar-refractivity contribution in [1.29, 1.82) is 0 Å². The lowest BCUT2D eigenvalue weighted by atomic mass is 10.0. The van der Waals surface area contributed by atoms with Crippen LogP contribution in [0.5, 0.6) is 0 Å². The third-order valence-corrected chi connectivity index (χ3v) is 3.73. The summed E-state index contributed by atoms with van der Waals surface area (Å²) in [6.07, 6.45) is 2.29. The van der Waals surface area contributed by atoms with Crippen LogP contribution in [0.2, 0.25) is 0 Å². The average Bonchev–Trinajstić information content (AvgIpc) is 3.05. The minimum Gasteiger partial charge on any atom is -0.368 e. The first kappa shape index (κ1) is 13.8. The van der Waals surface area contributed by atoms with Crippen molar-refractivity contribution in [2.45, 2.75) is 25.4 Å². The fourth-order valence-electron chi connectivity index (χ4n) is 2.61. The number of carbonyl (C=O) groups excluding carboxylic acids is 1. The van der Waals surface area contributed by atoms with Gasteiger partial charge in [-0.05, 0) is 36.5 Å². The van der Waals surface area contributed by atoms with Crippen LogP contribution in [0.1, 0.15) is 24.0 Å². The van der Waals surface area contributed by atoms with Gasteiger partial charge in [-0.15, -0.1) is 0 Å². The summed E-state index contributed by atoms with van der Waals surface area (Å²) >= 11 is 0. The van der Waals surface area contributed by atoms with Crippen LogP contribution >= 0.6 is 0 Å². The van der Waals surface area contributed by atoms with E-state index >= 15 is 0 Å². The zero-order chi connectivity index (χ0) is 14.5. The van der Waals surface area contributed by atoms with Gasteiger partial charge >= 0.3 is 0 Å². The van der Waals surface area contributed by atoms with Gasteiger partial charge in [-0.2, -0.15) is 0 Å². The summed E-state index contributed by atoms with van der Waals surface area (Å²) in [6.45, 7) is 0.684. The highest BCUT2D eigenvalue weighted by atomic mass is 16.5. The molecule has 0 aliphatic carbocycles. The Hall–Kier alpha value is -2.13. The van der Waals surface area contributed by atoms with Crippen molar-refractivity contribution in [3.63, 3.8) is 0 Å². The lowest BCUT2D eigenvalue weighted by molar-refractivity contribution is -0.124. The lowest BCUT2D eigenvalue weighted by Gasteiger charge is -2.14. The number of ether oxygens (including phenoxy) is 1. The Balaban J connectivity index is 1.74. The smallest absolute Gasteiger partial charge is 0.253 e. The van der Waals surface area contributed by atoms with Crippen molar-refractivity contribution in [2.75, 3.05) is 11.9 Å². The van der Waals surface area contributed by atoms with Crippen LogP contribution < -0.4 is 5.32 Å². The number of benzene rings is 2. The number of hydrogen-bond acceptors (Lipinski definition) is 2. The van der Waals surface area contributed by atoms with Crippen LogP contribution in [0.15, 0.2) is 54.6 Å². The molecule has 3 heteroatoms. The van der Waals surface area contributed by atoms with Crippen LogP contribution in [0.4, 0.5) is 5.69 Å². The molecular formula is C18H19NO2. The summed E-state index contributed by atoms with van der Waals surface area (Å²) in [5.41, 5.74) is 3.23. The van der Waals surface area contributed by atoms with E-state index in [9.17, 15) is 4.79 Å². The van der Waals surface area contributed by atoms with Gasteiger partial charge in [0.25, 0.3) is 5.91 Å². The largest absolute Gasteiger partial charge is 0.368 e. The maximum absolute atomic E-state index is 12.2. The summed E-state index contributed by atoms with van der Waals surface area (Å²) in [6, 6.07) is 18.2. The molecule has 0 unspecified atom stereocenters. The summed E-state index contributed by atoms with van der Waals surface area (Å²) in [5.74, 6) is -0.0342. The Morgan fingerprint density at radius 2 is 1.86 bits per heavy atom. The molecule has 0 bridgehead atoms. The summed E-state index contributed by atoms with van der Waals surface area (Å²) in [4.78, 5) is 12.2. The molecule has 108 valence electrons. The van der Waals surface area contributed by atoms with Crippen LogP contribution in [-0.4, -0.2) is 18.6 Å². The van der Waals surface area contributed by atoms with Gasteiger partial charge in [0.05, 0.1) is 0 Å². The summed E-state index contributed by atoms with van der Waals surface area (Å²) in [7, 11) is 0. The van der Waals surface area contributed by atoms with Crippen molar-refractivity contribution < 1.29 is 9.53 Å². The maximum Gasteiger partial charge on any atom is 0.253 e. The molecule has 1 heterocycles. The summed E-state index contributed by atoms with van der Waals surface area (Å²) in [5, 5.41) is 3.01. The minimum absolute atomic E-state index is 0.0342. The van der Waals surface area contributed by atoms with E-state index in [1.165, 1.54) is 5.56 Å². The van der Waals surface area contributed by atoms with E-state index in [-0.39, 0.29) is 12.0 Å². The monoisotopic (exact) mass is 281 g/mol. The van der Waals surface area contributed by atoms with Crippen LogP contribution in [0.3, 0.4) is 0 Å². The Bertz CT molecular complexity index is 604. The molecule has 2 aromatic rings. The van der Waals surface area contributed by atoms with Gasteiger partial charge in [0.2, 0.25) is 0 Å². The highest BCUT2D eigenvalue weighted by Crippen LogP contribution is 2.21. The normalized spacial score (nSPS) is 17.6. The number of amides is 1. The van der Waals surface area contributed by atoms with Gasteiger partial charge < -0.3 is 10.1 Å². The molecule has 1 fully saturated rings. The van der Waals surface area contributed by atoms with E-state index in [2.05, 4.69) is 23.5 Å². The topological polar surface area (TPSA) is 38.3 Å². The molecule has 1 aliphatic rings. The number of carbonyl (C=O) groups is 1. The molecule has 1 aliphatic heterocycles. The molecule has 0 aromatic heterocycles. The van der Waals surface area contributed by atoms with Gasteiger partial charge in [0.1, 0.15) is 6.10 Å². The molecule has 3 rings (SSSR count). The van der Waals surface area contributed by atoms with E-state index in [1.807, 2.05) is 36.4 Å². The van der Waals surface area contributed by atoms with E-state index in [4.69, 9.17) is 4.74 Å². The second-order valence-electron chi connectivity index (χ2n) is 5.31. The third-order valence-electron chi connectivity index (χ3n) is 3.73. The number of rotatable bonds is 4. The molecule has 2 aromatic carbocycles. The molecule has 1 saturated heterocycles. The fraction of sp³-hybridized carbons (Fsp3) is 0.278. The number of anilines is 1. The number of hydrogen-bond donors (Lipinski definition) is 1. The van der Waals surface area contributed by atoms with Crippen LogP contribution in [0, 0.1) is 0 Å². The van der Waals surface area contributed by atoms with Gasteiger partial charge in [-0.25, -0.2) is 0 Å².